The van der Waals surface area contributed by atoms with Crippen molar-refractivity contribution in [3.05, 3.63) is 63.6 Å². The van der Waals surface area contributed by atoms with Crippen molar-refractivity contribution in [3.63, 3.8) is 0 Å². The van der Waals surface area contributed by atoms with Crippen molar-refractivity contribution in [2.24, 2.45) is 0 Å². The molecule has 0 bridgehead atoms. The monoisotopic (exact) mass is 350 g/mol. The highest BCUT2D eigenvalue weighted by atomic mass is 35.5. The van der Waals surface area contributed by atoms with E-state index in [4.69, 9.17) is 23.2 Å². The summed E-state index contributed by atoms with van der Waals surface area (Å²) in [6.07, 6.45) is 0.394. The fourth-order valence-corrected chi connectivity index (χ4v) is 2.59. The van der Waals surface area contributed by atoms with E-state index in [0.29, 0.717) is 28.7 Å². The van der Waals surface area contributed by atoms with Gasteiger partial charge in [0.05, 0.1) is 10.7 Å². The van der Waals surface area contributed by atoms with Crippen LogP contribution < -0.4 is 5.32 Å². The largest absolute Gasteiger partial charge is 0.325 e. The van der Waals surface area contributed by atoms with Crippen molar-refractivity contribution in [2.75, 3.05) is 18.9 Å². The van der Waals surface area contributed by atoms with Crippen LogP contribution in [0.2, 0.25) is 10.0 Å². The number of aryl methyl sites for hydroxylation is 1. The van der Waals surface area contributed by atoms with E-state index in [2.05, 4.69) is 29.3 Å². The number of hydrogen-bond donors (Lipinski definition) is 1. The van der Waals surface area contributed by atoms with Crippen molar-refractivity contribution in [2.45, 2.75) is 19.9 Å². The Balaban J connectivity index is 1.84. The summed E-state index contributed by atoms with van der Waals surface area (Å²) in [5, 5.41) is 3.83. The van der Waals surface area contributed by atoms with Gasteiger partial charge in [-0.15, -0.1) is 0 Å². The van der Waals surface area contributed by atoms with Crippen molar-refractivity contribution < 1.29 is 4.79 Å². The third-order valence-electron chi connectivity index (χ3n) is 3.62. The first-order valence-corrected chi connectivity index (χ1v) is 8.19. The summed E-state index contributed by atoms with van der Waals surface area (Å²) >= 11 is 12.0. The predicted octanol–water partition coefficient (Wildman–Crippen LogP) is 4.76. The van der Waals surface area contributed by atoms with E-state index in [9.17, 15) is 4.79 Å². The summed E-state index contributed by atoms with van der Waals surface area (Å²) in [4.78, 5) is 14.2. The zero-order valence-electron chi connectivity index (χ0n) is 13.3. The lowest BCUT2D eigenvalue weighted by atomic mass is 10.1. The Bertz CT molecular complexity index is 688. The van der Waals surface area contributed by atoms with E-state index in [1.807, 2.05) is 19.2 Å². The van der Waals surface area contributed by atoms with Gasteiger partial charge >= 0.3 is 0 Å². The second-order valence-corrected chi connectivity index (χ2v) is 6.43. The second-order valence-electron chi connectivity index (χ2n) is 5.59. The molecule has 3 nitrogen and oxygen atoms in total. The molecule has 2 aromatic rings. The molecule has 122 valence electrons. The highest BCUT2D eigenvalue weighted by Crippen LogP contribution is 2.25. The number of anilines is 1. The van der Waals surface area contributed by atoms with Gasteiger partial charge in [-0.3, -0.25) is 4.79 Å². The number of nitrogens with zero attached hydrogens (tertiary/aromatic N) is 1. The maximum atomic E-state index is 12.1. The predicted molar refractivity (Wildman–Crippen MR) is 97.2 cm³/mol. The Morgan fingerprint density at radius 2 is 1.91 bits per heavy atom. The topological polar surface area (TPSA) is 32.3 Å². The molecule has 23 heavy (non-hydrogen) atoms. The number of halogens is 2. The number of rotatable bonds is 6. The standard InChI is InChI=1S/C18H20Cl2N2O/c1-13-5-3-4-6-14(13)12-22(2)10-9-18(23)21-17-11-15(19)7-8-16(17)20/h3-8,11H,9-10,12H2,1-2H3,(H,21,23). The molecule has 1 N–H and O–H groups in total. The quantitative estimate of drug-likeness (QED) is 0.814. The summed E-state index contributed by atoms with van der Waals surface area (Å²) in [6.45, 7) is 3.58. The summed E-state index contributed by atoms with van der Waals surface area (Å²) in [6, 6.07) is 13.3. The number of hydrogen-bond acceptors (Lipinski definition) is 2. The minimum Gasteiger partial charge on any atom is -0.325 e. The molecule has 0 aliphatic rings. The SMILES string of the molecule is Cc1ccccc1CN(C)CCC(=O)Nc1cc(Cl)ccc1Cl. The highest BCUT2D eigenvalue weighted by molar-refractivity contribution is 6.35. The van der Waals surface area contributed by atoms with Crippen molar-refractivity contribution >= 4 is 34.8 Å². The summed E-state index contributed by atoms with van der Waals surface area (Å²) < 4.78 is 0. The molecule has 0 radical (unpaired) electrons. The van der Waals surface area contributed by atoms with Gasteiger partial charge in [-0.1, -0.05) is 47.5 Å². The Morgan fingerprint density at radius 1 is 1.17 bits per heavy atom. The lowest BCUT2D eigenvalue weighted by molar-refractivity contribution is -0.116. The maximum Gasteiger partial charge on any atom is 0.225 e. The third-order valence-corrected chi connectivity index (χ3v) is 4.19. The number of benzene rings is 2. The van der Waals surface area contributed by atoms with Crippen LogP contribution >= 0.6 is 23.2 Å². The highest BCUT2D eigenvalue weighted by Gasteiger charge is 2.09. The normalized spacial score (nSPS) is 10.8. The van der Waals surface area contributed by atoms with Crippen molar-refractivity contribution in [1.82, 2.24) is 4.90 Å². The van der Waals surface area contributed by atoms with Crippen molar-refractivity contribution in [3.8, 4) is 0 Å². The number of carbonyl (C=O) groups is 1. The van der Waals surface area contributed by atoms with E-state index in [1.54, 1.807) is 18.2 Å². The first kappa shape index (κ1) is 17.8. The number of carbonyl (C=O) groups excluding carboxylic acids is 1. The van der Waals surface area contributed by atoms with Gasteiger partial charge in [-0.25, -0.2) is 0 Å². The number of amides is 1. The van der Waals surface area contributed by atoms with Gasteiger partial charge in [0.1, 0.15) is 0 Å². The lowest BCUT2D eigenvalue weighted by Crippen LogP contribution is -2.24. The Hall–Kier alpha value is -1.55. The Kier molecular flexibility index (Phi) is 6.46. The molecule has 0 fully saturated rings. The van der Waals surface area contributed by atoms with Crippen LogP contribution in [0.25, 0.3) is 0 Å². The van der Waals surface area contributed by atoms with E-state index >= 15 is 0 Å². The zero-order valence-corrected chi connectivity index (χ0v) is 14.8. The maximum absolute atomic E-state index is 12.1. The molecular weight excluding hydrogens is 331 g/mol. The molecule has 2 aromatic carbocycles. The van der Waals surface area contributed by atoms with Gasteiger partial charge < -0.3 is 10.2 Å². The average molecular weight is 351 g/mol. The Morgan fingerprint density at radius 3 is 2.65 bits per heavy atom. The van der Waals surface area contributed by atoms with Gasteiger partial charge in [-0.05, 0) is 43.3 Å². The minimum absolute atomic E-state index is 0.0780. The molecule has 0 atom stereocenters. The van der Waals surface area contributed by atoms with Crippen LogP contribution in [0.4, 0.5) is 5.69 Å². The fourth-order valence-electron chi connectivity index (χ4n) is 2.26. The fraction of sp³-hybridized carbons (Fsp3) is 0.278. The molecule has 0 unspecified atom stereocenters. The van der Waals surface area contributed by atoms with Crippen LogP contribution in [0, 0.1) is 6.92 Å². The van der Waals surface area contributed by atoms with Crippen LogP contribution in [-0.4, -0.2) is 24.4 Å². The smallest absolute Gasteiger partial charge is 0.225 e. The van der Waals surface area contributed by atoms with Crippen LogP contribution in [0.15, 0.2) is 42.5 Å². The minimum atomic E-state index is -0.0780. The molecule has 1 amide bonds. The average Bonchev–Trinajstić information content (AvgIpc) is 2.51. The Labute approximate surface area is 147 Å². The molecule has 0 aromatic heterocycles. The van der Waals surface area contributed by atoms with Gasteiger partial charge in [0.25, 0.3) is 0 Å². The molecular formula is C18H20Cl2N2O. The lowest BCUT2D eigenvalue weighted by Gasteiger charge is -2.18. The molecule has 0 aliphatic heterocycles. The third kappa shape index (κ3) is 5.54. The van der Waals surface area contributed by atoms with Crippen LogP contribution in [0.5, 0.6) is 0 Å². The van der Waals surface area contributed by atoms with Crippen LogP contribution in [0.1, 0.15) is 17.5 Å². The molecule has 0 spiro atoms. The second kappa shape index (κ2) is 8.34. The zero-order chi connectivity index (χ0) is 16.8. The van der Waals surface area contributed by atoms with Gasteiger partial charge in [-0.2, -0.15) is 0 Å². The molecule has 0 saturated carbocycles. The van der Waals surface area contributed by atoms with Gasteiger partial charge in [0.15, 0.2) is 0 Å². The van der Waals surface area contributed by atoms with Crippen molar-refractivity contribution in [1.29, 1.82) is 0 Å². The summed E-state index contributed by atoms with van der Waals surface area (Å²) in [5.74, 6) is -0.0780. The van der Waals surface area contributed by atoms with Crippen LogP contribution in [0.3, 0.4) is 0 Å². The van der Waals surface area contributed by atoms with Crippen LogP contribution in [-0.2, 0) is 11.3 Å². The first-order valence-electron chi connectivity index (χ1n) is 7.43. The van der Waals surface area contributed by atoms with E-state index in [-0.39, 0.29) is 5.91 Å². The van der Waals surface area contributed by atoms with E-state index in [1.165, 1.54) is 11.1 Å². The van der Waals surface area contributed by atoms with Gasteiger partial charge in [0.2, 0.25) is 5.91 Å². The number of nitrogens with one attached hydrogen (secondary N) is 1. The summed E-state index contributed by atoms with van der Waals surface area (Å²) in [7, 11) is 2.01. The van der Waals surface area contributed by atoms with E-state index < -0.39 is 0 Å². The molecule has 5 heteroatoms. The molecule has 0 heterocycles. The van der Waals surface area contributed by atoms with Gasteiger partial charge in [0, 0.05) is 24.5 Å². The first-order chi connectivity index (χ1) is 11.0. The summed E-state index contributed by atoms with van der Waals surface area (Å²) in [5.41, 5.74) is 3.08. The molecule has 0 aliphatic carbocycles. The van der Waals surface area contributed by atoms with E-state index in [0.717, 1.165) is 6.54 Å². The molecule has 0 saturated heterocycles. The molecule has 2 rings (SSSR count).